The molecular weight excluding hydrogens is 491 g/mol. The largest absolute Gasteiger partial charge is 0.497 e. The van der Waals surface area contributed by atoms with E-state index in [0.717, 1.165) is 49.4 Å². The number of aryl methyl sites for hydroxylation is 1. The summed E-state index contributed by atoms with van der Waals surface area (Å²) in [7, 11) is 1.62. The number of aliphatic carboxylic acids is 1. The Labute approximate surface area is 212 Å². The minimum Gasteiger partial charge on any atom is -0.497 e. The highest BCUT2D eigenvalue weighted by Crippen LogP contribution is 2.55. The van der Waals surface area contributed by atoms with Crippen LogP contribution >= 0.6 is 0 Å². The Morgan fingerprint density at radius 1 is 1.16 bits per heavy atom. The molecule has 0 saturated carbocycles. The van der Waals surface area contributed by atoms with E-state index < -0.39 is 17.6 Å². The van der Waals surface area contributed by atoms with E-state index in [-0.39, 0.29) is 23.9 Å². The molecule has 2 amide bonds. The van der Waals surface area contributed by atoms with Crippen molar-refractivity contribution in [1.29, 1.82) is 0 Å². The maximum absolute atomic E-state index is 13.5. The quantitative estimate of drug-likeness (QED) is 0.659. The number of aromatic nitrogens is 1. The number of fused-ring (bicyclic) bond motifs is 3. The fraction of sp³-hybridized carbons (Fsp3) is 0.462. The van der Waals surface area contributed by atoms with Crippen molar-refractivity contribution >= 4 is 17.8 Å². The van der Waals surface area contributed by atoms with Crippen LogP contribution in [0.4, 0.5) is 13.2 Å². The SMILES string of the molecule is COc1ccc(C(=O)N2C3CCC2C2(CCN(Cc4cccc(C)n4)C2=O)C3)cc1.O=C(O)C(F)(F)F. The minimum atomic E-state index is -5.08. The van der Waals surface area contributed by atoms with Gasteiger partial charge in [-0.15, -0.1) is 0 Å². The van der Waals surface area contributed by atoms with E-state index in [4.69, 9.17) is 14.6 Å². The molecule has 5 rings (SSSR count). The van der Waals surface area contributed by atoms with Crippen molar-refractivity contribution in [3.8, 4) is 5.75 Å². The lowest BCUT2D eigenvalue weighted by atomic mass is 9.72. The van der Waals surface area contributed by atoms with Crippen LogP contribution in [0.25, 0.3) is 0 Å². The maximum atomic E-state index is 13.5. The molecular formula is C26H28F3N3O5. The molecule has 37 heavy (non-hydrogen) atoms. The predicted octanol–water partition coefficient (Wildman–Crippen LogP) is 3.83. The van der Waals surface area contributed by atoms with Crippen molar-refractivity contribution in [3.05, 3.63) is 59.4 Å². The van der Waals surface area contributed by atoms with Crippen LogP contribution in [0.5, 0.6) is 5.75 Å². The lowest BCUT2D eigenvalue weighted by Crippen LogP contribution is -2.45. The fourth-order valence-electron chi connectivity index (χ4n) is 5.76. The van der Waals surface area contributed by atoms with Crippen LogP contribution < -0.4 is 4.74 Å². The van der Waals surface area contributed by atoms with Crippen molar-refractivity contribution in [3.63, 3.8) is 0 Å². The zero-order valence-corrected chi connectivity index (χ0v) is 20.5. The number of carboxylic acids is 1. The number of nitrogens with zero attached hydrogens (tertiary/aromatic N) is 3. The zero-order chi connectivity index (χ0) is 27.0. The first kappa shape index (κ1) is 26.4. The van der Waals surface area contributed by atoms with Gasteiger partial charge in [0.2, 0.25) is 5.91 Å². The number of ether oxygens (including phenoxy) is 1. The third kappa shape index (κ3) is 5.12. The van der Waals surface area contributed by atoms with Crippen LogP contribution in [0.1, 0.15) is 47.4 Å². The number of amides is 2. The molecule has 1 N–H and O–H groups in total. The number of hydrogen-bond donors (Lipinski definition) is 1. The van der Waals surface area contributed by atoms with E-state index in [1.807, 2.05) is 59.2 Å². The molecule has 1 spiro atoms. The van der Waals surface area contributed by atoms with E-state index in [1.54, 1.807) is 7.11 Å². The minimum absolute atomic E-state index is 0.0000651. The zero-order valence-electron chi connectivity index (χ0n) is 20.5. The van der Waals surface area contributed by atoms with Gasteiger partial charge < -0.3 is 19.6 Å². The number of carboxylic acid groups (broad SMARTS) is 1. The Morgan fingerprint density at radius 2 is 1.84 bits per heavy atom. The van der Waals surface area contributed by atoms with Crippen LogP contribution in [0.3, 0.4) is 0 Å². The molecule has 4 heterocycles. The Morgan fingerprint density at radius 3 is 2.43 bits per heavy atom. The number of likely N-dealkylation sites (tertiary alicyclic amines) is 1. The molecule has 0 radical (unpaired) electrons. The average molecular weight is 520 g/mol. The van der Waals surface area contributed by atoms with Crippen molar-refractivity contribution in [2.24, 2.45) is 5.41 Å². The molecule has 3 atom stereocenters. The van der Waals surface area contributed by atoms with Gasteiger partial charge in [-0.05, 0) is 69.0 Å². The van der Waals surface area contributed by atoms with E-state index in [1.165, 1.54) is 0 Å². The Balaban J connectivity index is 0.000000405. The third-order valence-corrected chi connectivity index (χ3v) is 7.39. The van der Waals surface area contributed by atoms with Gasteiger partial charge in [-0.3, -0.25) is 14.6 Å². The molecule has 0 aliphatic carbocycles. The van der Waals surface area contributed by atoms with Gasteiger partial charge in [0.15, 0.2) is 0 Å². The predicted molar refractivity (Wildman–Crippen MR) is 126 cm³/mol. The van der Waals surface area contributed by atoms with Crippen LogP contribution in [0.2, 0.25) is 0 Å². The van der Waals surface area contributed by atoms with Gasteiger partial charge in [-0.2, -0.15) is 13.2 Å². The normalized spacial score (nSPS) is 24.3. The van der Waals surface area contributed by atoms with Gasteiger partial charge in [-0.1, -0.05) is 6.07 Å². The molecule has 3 aliphatic heterocycles. The summed E-state index contributed by atoms with van der Waals surface area (Å²) in [5.74, 6) is -1.79. The molecule has 1 aromatic heterocycles. The number of carbonyl (C=O) groups excluding carboxylic acids is 2. The first-order valence-electron chi connectivity index (χ1n) is 11.9. The number of pyridine rings is 1. The lowest BCUT2D eigenvalue weighted by molar-refractivity contribution is -0.192. The number of halogens is 3. The molecule has 3 fully saturated rings. The molecule has 3 unspecified atom stereocenters. The summed E-state index contributed by atoms with van der Waals surface area (Å²) in [6, 6.07) is 13.4. The highest BCUT2D eigenvalue weighted by atomic mass is 19.4. The summed E-state index contributed by atoms with van der Waals surface area (Å²) in [6.45, 7) is 3.25. The lowest BCUT2D eigenvalue weighted by Gasteiger charge is -2.32. The smallest absolute Gasteiger partial charge is 0.490 e. The van der Waals surface area contributed by atoms with Crippen LogP contribution in [0.15, 0.2) is 42.5 Å². The van der Waals surface area contributed by atoms with Gasteiger partial charge in [-0.25, -0.2) is 4.79 Å². The van der Waals surface area contributed by atoms with E-state index in [9.17, 15) is 22.8 Å². The molecule has 11 heteroatoms. The van der Waals surface area contributed by atoms with Crippen molar-refractivity contribution in [2.75, 3.05) is 13.7 Å². The summed E-state index contributed by atoms with van der Waals surface area (Å²) < 4.78 is 36.9. The second-order valence-corrected chi connectivity index (χ2v) is 9.60. The fourth-order valence-corrected chi connectivity index (χ4v) is 5.76. The monoisotopic (exact) mass is 519 g/mol. The molecule has 3 saturated heterocycles. The molecule has 3 aliphatic rings. The van der Waals surface area contributed by atoms with Gasteiger partial charge in [0.05, 0.1) is 24.8 Å². The number of carbonyl (C=O) groups is 3. The topological polar surface area (TPSA) is 100 Å². The number of benzene rings is 1. The summed E-state index contributed by atoms with van der Waals surface area (Å²) in [4.78, 5) is 44.3. The van der Waals surface area contributed by atoms with Crippen molar-refractivity contribution in [2.45, 2.75) is 57.4 Å². The summed E-state index contributed by atoms with van der Waals surface area (Å²) in [6.07, 6.45) is -1.57. The second-order valence-electron chi connectivity index (χ2n) is 9.60. The van der Waals surface area contributed by atoms with E-state index in [0.29, 0.717) is 12.1 Å². The summed E-state index contributed by atoms with van der Waals surface area (Å²) in [5, 5.41) is 7.12. The van der Waals surface area contributed by atoms with Gasteiger partial charge >= 0.3 is 12.1 Å². The molecule has 2 bridgehead atoms. The van der Waals surface area contributed by atoms with Gasteiger partial charge in [0.1, 0.15) is 5.75 Å². The van der Waals surface area contributed by atoms with Gasteiger partial charge in [0.25, 0.3) is 5.91 Å². The third-order valence-electron chi connectivity index (χ3n) is 7.39. The number of alkyl halides is 3. The summed E-state index contributed by atoms with van der Waals surface area (Å²) >= 11 is 0. The highest BCUT2D eigenvalue weighted by molar-refractivity contribution is 5.97. The average Bonchev–Trinajstić information content (AvgIpc) is 3.51. The molecule has 1 aromatic carbocycles. The number of rotatable bonds is 4. The van der Waals surface area contributed by atoms with Crippen molar-refractivity contribution in [1.82, 2.24) is 14.8 Å². The van der Waals surface area contributed by atoms with Gasteiger partial charge in [0, 0.05) is 29.9 Å². The first-order valence-corrected chi connectivity index (χ1v) is 11.9. The highest BCUT2D eigenvalue weighted by Gasteiger charge is 2.64. The van der Waals surface area contributed by atoms with Crippen LogP contribution in [0, 0.1) is 12.3 Å². The number of hydrogen-bond acceptors (Lipinski definition) is 5. The Hall–Kier alpha value is -3.63. The molecule has 8 nitrogen and oxygen atoms in total. The Bertz CT molecular complexity index is 1190. The standard InChI is InChI=1S/C24H27N3O3.C2HF3O2/c1-16-4-3-5-18(25-16)15-26-13-12-24(23(26)29)14-19-8-11-21(24)27(19)22(28)17-6-9-20(30-2)10-7-17;3-2(4,5)1(6)7/h3-7,9-10,19,21H,8,11-15H2,1-2H3;(H,6,7). The maximum Gasteiger partial charge on any atom is 0.490 e. The molecule has 2 aromatic rings. The summed E-state index contributed by atoms with van der Waals surface area (Å²) in [5.41, 5.74) is 2.13. The Kier molecular flexibility index (Phi) is 7.16. The number of methoxy groups -OCH3 is 1. The van der Waals surface area contributed by atoms with Crippen molar-refractivity contribution < 1.29 is 37.4 Å². The van der Waals surface area contributed by atoms with E-state index >= 15 is 0 Å². The van der Waals surface area contributed by atoms with Crippen LogP contribution in [-0.4, -0.2) is 69.6 Å². The first-order chi connectivity index (χ1) is 17.5. The second kappa shape index (κ2) is 10.0. The van der Waals surface area contributed by atoms with E-state index in [2.05, 4.69) is 4.98 Å². The molecule has 198 valence electrons. The van der Waals surface area contributed by atoms with Crippen LogP contribution in [-0.2, 0) is 16.1 Å².